The predicted octanol–water partition coefficient (Wildman–Crippen LogP) is 4.14. The van der Waals surface area contributed by atoms with Crippen LogP contribution in [0.4, 0.5) is 0 Å². The zero-order valence-corrected chi connectivity index (χ0v) is 11.1. The molecule has 0 saturated heterocycles. The fourth-order valence-electron chi connectivity index (χ4n) is 1.75. The molecule has 0 aromatic carbocycles. The van der Waals surface area contributed by atoms with E-state index in [0.717, 1.165) is 12.8 Å². The van der Waals surface area contributed by atoms with E-state index in [9.17, 15) is 0 Å². The summed E-state index contributed by atoms with van der Waals surface area (Å²) in [6.07, 6.45) is 3.42. The molecule has 0 fully saturated rings. The summed E-state index contributed by atoms with van der Waals surface area (Å²) in [6.45, 7) is 2.13. The highest BCUT2D eigenvalue weighted by Gasteiger charge is 2.07. The third kappa shape index (κ3) is 3.17. The van der Waals surface area contributed by atoms with Crippen LogP contribution in [0.1, 0.15) is 33.5 Å². The molecule has 2 rings (SSSR count). The first-order chi connectivity index (χ1) is 7.75. The minimum atomic E-state index is 0.221. The van der Waals surface area contributed by atoms with Gasteiger partial charge < -0.3 is 5.73 Å². The first-order valence-corrected chi connectivity index (χ1v) is 7.29. The molecule has 2 aromatic rings. The van der Waals surface area contributed by atoms with Gasteiger partial charge in [-0.1, -0.05) is 6.07 Å². The highest BCUT2D eigenvalue weighted by atomic mass is 32.1. The molecule has 2 heterocycles. The van der Waals surface area contributed by atoms with Gasteiger partial charge in [0, 0.05) is 20.7 Å². The third-order valence-electron chi connectivity index (χ3n) is 2.65. The Hall–Kier alpha value is -0.640. The van der Waals surface area contributed by atoms with E-state index in [0.29, 0.717) is 0 Å². The summed E-state index contributed by atoms with van der Waals surface area (Å²) in [7, 11) is 0. The molecule has 0 radical (unpaired) electrons. The Morgan fingerprint density at radius 3 is 2.81 bits per heavy atom. The summed E-state index contributed by atoms with van der Waals surface area (Å²) in [5.74, 6) is 0. The molecular weight excluding hydrogens is 234 g/mol. The summed E-state index contributed by atoms with van der Waals surface area (Å²) in [4.78, 5) is 4.14. The van der Waals surface area contributed by atoms with Gasteiger partial charge in [0.05, 0.1) is 0 Å². The Morgan fingerprint density at radius 2 is 2.19 bits per heavy atom. The van der Waals surface area contributed by atoms with Crippen LogP contribution in [-0.4, -0.2) is 0 Å². The van der Waals surface area contributed by atoms with Gasteiger partial charge >= 0.3 is 0 Å². The second-order valence-electron chi connectivity index (χ2n) is 4.03. The van der Waals surface area contributed by atoms with Crippen LogP contribution in [0.25, 0.3) is 0 Å². The normalized spacial score (nSPS) is 12.9. The first-order valence-electron chi connectivity index (χ1n) is 5.60. The van der Waals surface area contributed by atoms with Crippen LogP contribution in [0.3, 0.4) is 0 Å². The van der Waals surface area contributed by atoms with Crippen molar-refractivity contribution in [1.29, 1.82) is 0 Å². The predicted molar refractivity (Wildman–Crippen MR) is 73.2 cm³/mol. The fraction of sp³-hybridized carbons (Fsp3) is 0.385. The van der Waals surface area contributed by atoms with Crippen LogP contribution in [0, 0.1) is 6.92 Å². The quantitative estimate of drug-likeness (QED) is 0.849. The van der Waals surface area contributed by atoms with Crippen LogP contribution in [-0.2, 0) is 6.42 Å². The fourth-order valence-corrected chi connectivity index (χ4v) is 3.41. The van der Waals surface area contributed by atoms with Gasteiger partial charge in [-0.25, -0.2) is 0 Å². The molecule has 0 bridgehead atoms. The molecule has 0 aliphatic carbocycles. The lowest BCUT2D eigenvalue weighted by molar-refractivity contribution is 0.622. The largest absolute Gasteiger partial charge is 0.323 e. The lowest BCUT2D eigenvalue weighted by Crippen LogP contribution is -2.08. The van der Waals surface area contributed by atoms with Gasteiger partial charge in [-0.2, -0.15) is 0 Å². The number of hydrogen-bond donors (Lipinski definition) is 1. The maximum Gasteiger partial charge on any atom is 0.0389 e. The van der Waals surface area contributed by atoms with Crippen molar-refractivity contribution in [2.24, 2.45) is 5.73 Å². The van der Waals surface area contributed by atoms with Crippen molar-refractivity contribution in [1.82, 2.24) is 0 Å². The number of hydrogen-bond acceptors (Lipinski definition) is 3. The van der Waals surface area contributed by atoms with Crippen molar-refractivity contribution >= 4 is 22.7 Å². The standard InChI is InChI=1S/C13H17NS2/c1-10-7-8-13(16-10)12(14)6-2-4-11-5-3-9-15-11/h3,5,7-9,12H,2,4,6,14H2,1H3. The second-order valence-corrected chi connectivity index (χ2v) is 6.38. The highest BCUT2D eigenvalue weighted by molar-refractivity contribution is 7.12. The maximum atomic E-state index is 6.16. The van der Waals surface area contributed by atoms with E-state index in [2.05, 4.69) is 36.6 Å². The summed E-state index contributed by atoms with van der Waals surface area (Å²) < 4.78 is 0. The van der Waals surface area contributed by atoms with Gasteiger partial charge in [-0.05, 0) is 49.8 Å². The molecule has 3 heteroatoms. The Labute approximate surface area is 105 Å². The van der Waals surface area contributed by atoms with E-state index in [1.54, 1.807) is 0 Å². The van der Waals surface area contributed by atoms with Gasteiger partial charge in [-0.3, -0.25) is 0 Å². The molecule has 0 spiro atoms. The second kappa shape index (κ2) is 5.62. The van der Waals surface area contributed by atoms with Gasteiger partial charge in [0.25, 0.3) is 0 Å². The number of aryl methyl sites for hydroxylation is 2. The number of nitrogens with two attached hydrogens (primary N) is 1. The lowest BCUT2D eigenvalue weighted by atomic mass is 10.1. The average molecular weight is 251 g/mol. The lowest BCUT2D eigenvalue weighted by Gasteiger charge is -2.08. The molecule has 2 aromatic heterocycles. The van der Waals surface area contributed by atoms with Crippen LogP contribution in [0.2, 0.25) is 0 Å². The summed E-state index contributed by atoms with van der Waals surface area (Å²) >= 11 is 3.66. The molecular formula is C13H17NS2. The smallest absolute Gasteiger partial charge is 0.0389 e. The molecule has 0 aliphatic heterocycles. The molecule has 1 nitrogen and oxygen atoms in total. The van der Waals surface area contributed by atoms with E-state index in [1.165, 1.54) is 21.1 Å². The van der Waals surface area contributed by atoms with Crippen LogP contribution in [0.15, 0.2) is 29.6 Å². The summed E-state index contributed by atoms with van der Waals surface area (Å²) in [5.41, 5.74) is 6.16. The minimum Gasteiger partial charge on any atom is -0.323 e. The van der Waals surface area contributed by atoms with E-state index in [4.69, 9.17) is 5.73 Å². The van der Waals surface area contributed by atoms with Gasteiger partial charge in [0.2, 0.25) is 0 Å². The molecule has 16 heavy (non-hydrogen) atoms. The van der Waals surface area contributed by atoms with E-state index in [1.807, 2.05) is 22.7 Å². The van der Waals surface area contributed by atoms with Crippen molar-refractivity contribution in [2.75, 3.05) is 0 Å². The summed E-state index contributed by atoms with van der Waals surface area (Å²) in [5, 5.41) is 2.14. The average Bonchev–Trinajstić information content (AvgIpc) is 2.89. The molecule has 1 atom stereocenters. The highest BCUT2D eigenvalue weighted by Crippen LogP contribution is 2.25. The SMILES string of the molecule is Cc1ccc(C(N)CCCc2cccs2)s1. The Bertz CT molecular complexity index is 417. The van der Waals surface area contributed by atoms with Gasteiger partial charge in [-0.15, -0.1) is 22.7 Å². The van der Waals surface area contributed by atoms with Crippen molar-refractivity contribution < 1.29 is 0 Å². The Kier molecular flexibility index (Phi) is 4.16. The molecule has 1 unspecified atom stereocenters. The monoisotopic (exact) mass is 251 g/mol. The number of thiophene rings is 2. The van der Waals surface area contributed by atoms with Crippen LogP contribution >= 0.6 is 22.7 Å². The van der Waals surface area contributed by atoms with Crippen molar-refractivity contribution in [3.05, 3.63) is 44.3 Å². The molecule has 86 valence electrons. The van der Waals surface area contributed by atoms with E-state index >= 15 is 0 Å². The summed E-state index contributed by atoms with van der Waals surface area (Å²) in [6, 6.07) is 8.85. The van der Waals surface area contributed by atoms with Crippen LogP contribution < -0.4 is 5.73 Å². The molecule has 2 N–H and O–H groups in total. The minimum absolute atomic E-state index is 0.221. The van der Waals surface area contributed by atoms with E-state index < -0.39 is 0 Å². The Balaban J connectivity index is 1.78. The Morgan fingerprint density at radius 1 is 1.31 bits per heavy atom. The van der Waals surface area contributed by atoms with Crippen molar-refractivity contribution in [3.8, 4) is 0 Å². The van der Waals surface area contributed by atoms with Crippen molar-refractivity contribution in [3.63, 3.8) is 0 Å². The van der Waals surface area contributed by atoms with Gasteiger partial charge in [0.1, 0.15) is 0 Å². The first kappa shape index (κ1) is 11.8. The van der Waals surface area contributed by atoms with Crippen LogP contribution in [0.5, 0.6) is 0 Å². The maximum absolute atomic E-state index is 6.16. The van der Waals surface area contributed by atoms with E-state index in [-0.39, 0.29) is 6.04 Å². The molecule has 0 amide bonds. The van der Waals surface area contributed by atoms with Crippen molar-refractivity contribution in [2.45, 2.75) is 32.2 Å². The number of rotatable bonds is 5. The zero-order chi connectivity index (χ0) is 11.4. The molecule has 0 saturated carbocycles. The topological polar surface area (TPSA) is 26.0 Å². The zero-order valence-electron chi connectivity index (χ0n) is 9.48. The van der Waals surface area contributed by atoms with Gasteiger partial charge in [0.15, 0.2) is 0 Å². The molecule has 0 aliphatic rings. The third-order valence-corrected chi connectivity index (χ3v) is 4.71.